The van der Waals surface area contributed by atoms with Crippen LogP contribution in [0, 0.1) is 12.8 Å². The standard InChI is InChI=1S/C14H17F3N2O/c1-9-2-3-11(14(15,16)17)7-12(9)19-13(20)6-10-4-5-18-8-10/h2-3,7,10,18H,4-6,8H2,1H3,(H,19,20). The minimum absolute atomic E-state index is 0.232. The van der Waals surface area contributed by atoms with Crippen LogP contribution in [0.1, 0.15) is 24.0 Å². The predicted octanol–water partition coefficient (Wildman–Crippen LogP) is 2.95. The van der Waals surface area contributed by atoms with Crippen molar-refractivity contribution in [3.8, 4) is 0 Å². The Kier molecular flexibility index (Phi) is 4.32. The molecule has 0 saturated carbocycles. The van der Waals surface area contributed by atoms with Crippen molar-refractivity contribution in [2.24, 2.45) is 5.92 Å². The summed E-state index contributed by atoms with van der Waals surface area (Å²) in [7, 11) is 0. The van der Waals surface area contributed by atoms with Crippen molar-refractivity contribution in [3.05, 3.63) is 29.3 Å². The van der Waals surface area contributed by atoms with Crippen molar-refractivity contribution >= 4 is 11.6 Å². The summed E-state index contributed by atoms with van der Waals surface area (Å²) in [5.74, 6) is 0.0298. The van der Waals surface area contributed by atoms with E-state index >= 15 is 0 Å². The molecule has 0 radical (unpaired) electrons. The summed E-state index contributed by atoms with van der Waals surface area (Å²) in [6.07, 6.45) is -3.14. The number of alkyl halides is 3. The second kappa shape index (κ2) is 5.83. The topological polar surface area (TPSA) is 41.1 Å². The highest BCUT2D eigenvalue weighted by Crippen LogP contribution is 2.32. The third-order valence-electron chi connectivity index (χ3n) is 3.48. The first kappa shape index (κ1) is 14.8. The van der Waals surface area contributed by atoms with Crippen LogP contribution in [0.5, 0.6) is 0 Å². The number of rotatable bonds is 3. The van der Waals surface area contributed by atoms with Crippen LogP contribution in [0.25, 0.3) is 0 Å². The van der Waals surface area contributed by atoms with E-state index < -0.39 is 11.7 Å². The first-order valence-corrected chi connectivity index (χ1v) is 6.54. The van der Waals surface area contributed by atoms with Crippen molar-refractivity contribution in [1.82, 2.24) is 5.32 Å². The van der Waals surface area contributed by atoms with E-state index in [4.69, 9.17) is 0 Å². The maximum Gasteiger partial charge on any atom is 0.416 e. The van der Waals surface area contributed by atoms with Gasteiger partial charge in [-0.2, -0.15) is 13.2 Å². The lowest BCUT2D eigenvalue weighted by Crippen LogP contribution is -2.19. The molecule has 6 heteroatoms. The van der Waals surface area contributed by atoms with E-state index in [-0.39, 0.29) is 17.5 Å². The molecule has 1 heterocycles. The van der Waals surface area contributed by atoms with Gasteiger partial charge < -0.3 is 10.6 Å². The molecule has 2 rings (SSSR count). The van der Waals surface area contributed by atoms with E-state index in [0.717, 1.165) is 31.6 Å². The van der Waals surface area contributed by atoms with Crippen LogP contribution >= 0.6 is 0 Å². The molecule has 0 bridgehead atoms. The van der Waals surface area contributed by atoms with Gasteiger partial charge in [-0.15, -0.1) is 0 Å². The van der Waals surface area contributed by atoms with Crippen LogP contribution in [-0.2, 0) is 11.0 Å². The SMILES string of the molecule is Cc1ccc(C(F)(F)F)cc1NC(=O)CC1CCNC1. The lowest BCUT2D eigenvalue weighted by Gasteiger charge is -2.14. The van der Waals surface area contributed by atoms with Crippen LogP contribution in [0.3, 0.4) is 0 Å². The molecule has 2 N–H and O–H groups in total. The maximum absolute atomic E-state index is 12.6. The highest BCUT2D eigenvalue weighted by molar-refractivity contribution is 5.91. The first-order valence-electron chi connectivity index (χ1n) is 6.54. The Morgan fingerprint density at radius 3 is 2.80 bits per heavy atom. The van der Waals surface area contributed by atoms with Crippen LogP contribution in [0.15, 0.2) is 18.2 Å². The minimum Gasteiger partial charge on any atom is -0.326 e. The van der Waals surface area contributed by atoms with E-state index in [9.17, 15) is 18.0 Å². The van der Waals surface area contributed by atoms with Crippen LogP contribution < -0.4 is 10.6 Å². The summed E-state index contributed by atoms with van der Waals surface area (Å²) in [4.78, 5) is 11.9. The van der Waals surface area contributed by atoms with Crippen LogP contribution in [0.4, 0.5) is 18.9 Å². The van der Waals surface area contributed by atoms with Gasteiger partial charge in [0.05, 0.1) is 5.56 Å². The summed E-state index contributed by atoms with van der Waals surface area (Å²) >= 11 is 0. The van der Waals surface area contributed by atoms with Gasteiger partial charge in [0.2, 0.25) is 5.91 Å². The number of hydrogen-bond donors (Lipinski definition) is 2. The Balaban J connectivity index is 2.06. The van der Waals surface area contributed by atoms with Crippen molar-refractivity contribution in [1.29, 1.82) is 0 Å². The van der Waals surface area contributed by atoms with Gasteiger partial charge in [-0.25, -0.2) is 0 Å². The summed E-state index contributed by atoms with van der Waals surface area (Å²) < 4.78 is 37.9. The number of carbonyl (C=O) groups excluding carboxylic acids is 1. The largest absolute Gasteiger partial charge is 0.416 e. The molecular formula is C14H17F3N2O. The zero-order valence-electron chi connectivity index (χ0n) is 11.2. The third kappa shape index (κ3) is 3.72. The van der Waals surface area contributed by atoms with E-state index in [1.54, 1.807) is 6.92 Å². The van der Waals surface area contributed by atoms with Crippen molar-refractivity contribution in [2.45, 2.75) is 25.9 Å². The molecule has 20 heavy (non-hydrogen) atoms. The maximum atomic E-state index is 12.6. The normalized spacial score (nSPS) is 19.1. The molecule has 1 aromatic rings. The second-order valence-corrected chi connectivity index (χ2v) is 5.14. The molecule has 1 unspecified atom stereocenters. The molecule has 1 aromatic carbocycles. The lowest BCUT2D eigenvalue weighted by atomic mass is 10.0. The molecule has 1 amide bonds. The Hall–Kier alpha value is -1.56. The van der Waals surface area contributed by atoms with Gasteiger partial charge in [0.25, 0.3) is 0 Å². The average molecular weight is 286 g/mol. The number of carbonyl (C=O) groups is 1. The number of amides is 1. The van der Waals surface area contributed by atoms with Crippen molar-refractivity contribution in [3.63, 3.8) is 0 Å². The Labute approximate surface area is 115 Å². The number of halogens is 3. The number of aryl methyl sites for hydroxylation is 1. The molecule has 0 spiro atoms. The number of hydrogen-bond acceptors (Lipinski definition) is 2. The van der Waals surface area contributed by atoms with Gasteiger partial charge in [0.15, 0.2) is 0 Å². The summed E-state index contributed by atoms with van der Waals surface area (Å²) in [5.41, 5.74) is 0.104. The molecule has 1 atom stereocenters. The Morgan fingerprint density at radius 2 is 2.20 bits per heavy atom. The fourth-order valence-electron chi connectivity index (χ4n) is 2.29. The van der Waals surface area contributed by atoms with Crippen molar-refractivity contribution < 1.29 is 18.0 Å². The summed E-state index contributed by atoms with van der Waals surface area (Å²) in [6, 6.07) is 3.38. The molecule has 110 valence electrons. The highest BCUT2D eigenvalue weighted by Gasteiger charge is 2.31. The molecule has 1 fully saturated rings. The zero-order chi connectivity index (χ0) is 14.8. The van der Waals surface area contributed by atoms with Gasteiger partial charge in [0, 0.05) is 12.1 Å². The smallest absolute Gasteiger partial charge is 0.326 e. The average Bonchev–Trinajstić information content (AvgIpc) is 2.83. The fourth-order valence-corrected chi connectivity index (χ4v) is 2.29. The molecule has 0 aromatic heterocycles. The summed E-state index contributed by atoms with van der Waals surface area (Å²) in [6.45, 7) is 3.35. The predicted molar refractivity (Wildman–Crippen MR) is 70.4 cm³/mol. The minimum atomic E-state index is -4.40. The highest BCUT2D eigenvalue weighted by atomic mass is 19.4. The third-order valence-corrected chi connectivity index (χ3v) is 3.48. The fraction of sp³-hybridized carbons (Fsp3) is 0.500. The molecular weight excluding hydrogens is 269 g/mol. The summed E-state index contributed by atoms with van der Waals surface area (Å²) in [5, 5.41) is 5.74. The molecule has 1 aliphatic rings. The molecule has 1 saturated heterocycles. The quantitative estimate of drug-likeness (QED) is 0.897. The number of anilines is 1. The van der Waals surface area contributed by atoms with Crippen LogP contribution in [0.2, 0.25) is 0 Å². The van der Waals surface area contributed by atoms with Gasteiger partial charge in [-0.3, -0.25) is 4.79 Å². The molecule has 3 nitrogen and oxygen atoms in total. The first-order chi connectivity index (χ1) is 9.36. The van der Waals surface area contributed by atoms with E-state index in [1.165, 1.54) is 6.07 Å². The number of nitrogens with one attached hydrogen (secondary N) is 2. The molecule has 1 aliphatic heterocycles. The van der Waals surface area contributed by atoms with Crippen molar-refractivity contribution in [2.75, 3.05) is 18.4 Å². The monoisotopic (exact) mass is 286 g/mol. The van der Waals surface area contributed by atoms with E-state index in [0.29, 0.717) is 12.0 Å². The Bertz CT molecular complexity index is 494. The van der Waals surface area contributed by atoms with Gasteiger partial charge >= 0.3 is 6.18 Å². The Morgan fingerprint density at radius 1 is 1.45 bits per heavy atom. The van der Waals surface area contributed by atoms with Gasteiger partial charge in [-0.1, -0.05) is 6.07 Å². The van der Waals surface area contributed by atoms with Gasteiger partial charge in [-0.05, 0) is 50.0 Å². The van der Waals surface area contributed by atoms with E-state index in [2.05, 4.69) is 10.6 Å². The van der Waals surface area contributed by atoms with E-state index in [1.807, 2.05) is 0 Å². The second-order valence-electron chi connectivity index (χ2n) is 5.14. The zero-order valence-corrected chi connectivity index (χ0v) is 11.2. The lowest BCUT2D eigenvalue weighted by molar-refractivity contribution is -0.137. The van der Waals surface area contributed by atoms with Gasteiger partial charge in [0.1, 0.15) is 0 Å². The molecule has 0 aliphatic carbocycles. The van der Waals surface area contributed by atoms with Crippen LogP contribution in [-0.4, -0.2) is 19.0 Å². The number of benzene rings is 1.